The van der Waals surface area contributed by atoms with E-state index >= 15 is 0 Å². The van der Waals surface area contributed by atoms with Crippen LogP contribution in [0.5, 0.6) is 0 Å². The van der Waals surface area contributed by atoms with Gasteiger partial charge in [-0.1, -0.05) is 0 Å². The van der Waals surface area contributed by atoms with Crippen molar-refractivity contribution in [2.45, 2.75) is 6.04 Å². The fourth-order valence-electron chi connectivity index (χ4n) is 0.909. The summed E-state index contributed by atoms with van der Waals surface area (Å²) in [7, 11) is 1.07. The molecule has 0 heterocycles. The van der Waals surface area contributed by atoms with Gasteiger partial charge in [0.05, 0.1) is 13.2 Å². The minimum Gasteiger partial charge on any atom is -0.462 e. The van der Waals surface area contributed by atoms with Crippen molar-refractivity contribution < 1.29 is 19.1 Å². The first-order chi connectivity index (χ1) is 8.06. The second-order valence-electron chi connectivity index (χ2n) is 2.85. The topological polar surface area (TPSA) is 108 Å². The SMILES string of the molecule is COC(=O)C(=O)NC(CSC)C(=O)NCC#N. The van der Waals surface area contributed by atoms with E-state index in [2.05, 4.69) is 15.4 Å². The van der Waals surface area contributed by atoms with Crippen LogP contribution in [-0.4, -0.2) is 49.5 Å². The lowest BCUT2D eigenvalue weighted by molar-refractivity contribution is -0.153. The fourth-order valence-corrected chi connectivity index (χ4v) is 1.48. The maximum Gasteiger partial charge on any atom is 0.396 e. The Morgan fingerprint density at radius 3 is 2.59 bits per heavy atom. The maximum absolute atomic E-state index is 11.5. The van der Waals surface area contributed by atoms with Gasteiger partial charge in [0, 0.05) is 5.75 Å². The molecule has 2 N–H and O–H groups in total. The molecule has 2 amide bonds. The lowest BCUT2D eigenvalue weighted by Gasteiger charge is -2.15. The van der Waals surface area contributed by atoms with Crippen LogP contribution in [0.25, 0.3) is 0 Å². The number of amides is 2. The zero-order valence-corrected chi connectivity index (χ0v) is 10.3. The Bertz CT molecular complexity index is 340. The Labute approximate surface area is 103 Å². The van der Waals surface area contributed by atoms with Gasteiger partial charge in [-0.05, 0) is 6.26 Å². The number of rotatable bonds is 5. The number of carbonyl (C=O) groups is 3. The molecule has 0 saturated heterocycles. The van der Waals surface area contributed by atoms with Gasteiger partial charge in [-0.25, -0.2) is 4.79 Å². The van der Waals surface area contributed by atoms with Gasteiger partial charge >= 0.3 is 11.9 Å². The summed E-state index contributed by atoms with van der Waals surface area (Å²) >= 11 is 1.32. The molecule has 0 rings (SSSR count). The molecule has 1 atom stereocenters. The Morgan fingerprint density at radius 1 is 1.47 bits per heavy atom. The summed E-state index contributed by atoms with van der Waals surface area (Å²) in [6.45, 7) is -0.155. The molecule has 94 valence electrons. The maximum atomic E-state index is 11.5. The molecule has 0 saturated carbocycles. The molecule has 17 heavy (non-hydrogen) atoms. The second kappa shape index (κ2) is 8.41. The molecule has 0 aliphatic rings. The zero-order valence-electron chi connectivity index (χ0n) is 9.48. The van der Waals surface area contributed by atoms with Gasteiger partial charge in [0.15, 0.2) is 0 Å². The van der Waals surface area contributed by atoms with E-state index in [0.717, 1.165) is 7.11 Å². The monoisotopic (exact) mass is 259 g/mol. The number of methoxy groups -OCH3 is 1. The molecule has 1 unspecified atom stereocenters. The van der Waals surface area contributed by atoms with Crippen LogP contribution < -0.4 is 10.6 Å². The van der Waals surface area contributed by atoms with Crippen LogP contribution in [0.15, 0.2) is 0 Å². The number of nitrogens with one attached hydrogen (secondary N) is 2. The van der Waals surface area contributed by atoms with Gasteiger partial charge in [0.25, 0.3) is 0 Å². The van der Waals surface area contributed by atoms with Crippen LogP contribution in [0.1, 0.15) is 0 Å². The van der Waals surface area contributed by atoms with Gasteiger partial charge in [-0.3, -0.25) is 9.59 Å². The van der Waals surface area contributed by atoms with Crippen LogP contribution in [0, 0.1) is 11.3 Å². The molecule has 0 fully saturated rings. The first-order valence-corrected chi connectivity index (χ1v) is 5.98. The molecule has 7 nitrogen and oxygen atoms in total. The summed E-state index contributed by atoms with van der Waals surface area (Å²) in [6, 6.07) is 0.869. The molecular weight excluding hydrogens is 246 g/mol. The Kier molecular flexibility index (Phi) is 7.54. The fraction of sp³-hybridized carbons (Fsp3) is 0.556. The van der Waals surface area contributed by atoms with Crippen LogP contribution in [-0.2, 0) is 19.1 Å². The molecule has 0 aliphatic heterocycles. The van der Waals surface area contributed by atoms with Crippen molar-refractivity contribution in [1.82, 2.24) is 10.6 Å². The van der Waals surface area contributed by atoms with Crippen LogP contribution in [0.2, 0.25) is 0 Å². The standard InChI is InChI=1S/C9H13N3O4S/c1-16-9(15)8(14)12-6(5-17-2)7(13)11-4-3-10/h6H,4-5H2,1-2H3,(H,11,13)(H,12,14). The van der Waals surface area contributed by atoms with E-state index in [1.54, 1.807) is 12.3 Å². The molecule has 0 bridgehead atoms. The van der Waals surface area contributed by atoms with Gasteiger partial charge in [0.2, 0.25) is 5.91 Å². The smallest absolute Gasteiger partial charge is 0.396 e. The Morgan fingerprint density at radius 2 is 2.12 bits per heavy atom. The van der Waals surface area contributed by atoms with Crippen molar-refractivity contribution >= 4 is 29.5 Å². The first kappa shape index (κ1) is 15.2. The highest BCUT2D eigenvalue weighted by Crippen LogP contribution is 1.98. The normalized spacial score (nSPS) is 10.9. The van der Waals surface area contributed by atoms with E-state index in [4.69, 9.17) is 5.26 Å². The predicted octanol–water partition coefficient (Wildman–Crippen LogP) is -1.35. The van der Waals surface area contributed by atoms with Gasteiger partial charge in [0.1, 0.15) is 12.6 Å². The average molecular weight is 259 g/mol. The minimum atomic E-state index is -1.07. The largest absolute Gasteiger partial charge is 0.462 e. The number of hydrogen-bond donors (Lipinski definition) is 2. The number of nitrogens with zero attached hydrogens (tertiary/aromatic N) is 1. The number of nitriles is 1. The first-order valence-electron chi connectivity index (χ1n) is 4.59. The number of thioether (sulfide) groups is 1. The van der Waals surface area contributed by atoms with Crippen LogP contribution >= 0.6 is 11.8 Å². The number of carbonyl (C=O) groups excluding carboxylic acids is 3. The third-order valence-corrected chi connectivity index (χ3v) is 2.33. The molecule has 8 heteroatoms. The van der Waals surface area contributed by atoms with E-state index in [1.165, 1.54) is 11.8 Å². The summed E-state index contributed by atoms with van der Waals surface area (Å²) in [4.78, 5) is 33.6. The number of hydrogen-bond acceptors (Lipinski definition) is 6. The summed E-state index contributed by atoms with van der Waals surface area (Å²) in [5, 5.41) is 12.8. The van der Waals surface area contributed by atoms with Gasteiger partial charge in [-0.2, -0.15) is 17.0 Å². The van der Waals surface area contributed by atoms with E-state index in [9.17, 15) is 14.4 Å². The molecule has 0 aromatic carbocycles. The second-order valence-corrected chi connectivity index (χ2v) is 3.76. The lowest BCUT2D eigenvalue weighted by atomic mass is 10.3. The van der Waals surface area contributed by atoms with Crippen molar-refractivity contribution in [2.75, 3.05) is 25.7 Å². The lowest BCUT2D eigenvalue weighted by Crippen LogP contribution is -2.50. The molecule has 0 aliphatic carbocycles. The molecule has 0 aromatic rings. The molecular formula is C9H13N3O4S. The van der Waals surface area contributed by atoms with Crippen molar-refractivity contribution in [3.8, 4) is 6.07 Å². The summed E-state index contributed by atoms with van der Waals surface area (Å²) in [5.41, 5.74) is 0. The molecule has 0 radical (unpaired) electrons. The Hall–Kier alpha value is -1.75. The summed E-state index contributed by atoms with van der Waals surface area (Å²) in [5.74, 6) is -2.28. The third-order valence-electron chi connectivity index (χ3n) is 1.67. The van der Waals surface area contributed by atoms with E-state index < -0.39 is 23.8 Å². The third kappa shape index (κ3) is 5.77. The van der Waals surface area contributed by atoms with Crippen LogP contribution in [0.4, 0.5) is 0 Å². The molecule has 0 spiro atoms. The zero-order chi connectivity index (χ0) is 13.3. The summed E-state index contributed by atoms with van der Waals surface area (Å²) < 4.78 is 4.21. The quantitative estimate of drug-likeness (QED) is 0.359. The molecule has 0 aromatic heterocycles. The highest BCUT2D eigenvalue weighted by molar-refractivity contribution is 7.98. The van der Waals surface area contributed by atoms with Gasteiger partial charge < -0.3 is 15.4 Å². The van der Waals surface area contributed by atoms with Crippen molar-refractivity contribution in [3.05, 3.63) is 0 Å². The average Bonchev–Trinajstić information content (AvgIpc) is 2.34. The Balaban J connectivity index is 4.42. The van der Waals surface area contributed by atoms with E-state index in [-0.39, 0.29) is 6.54 Å². The van der Waals surface area contributed by atoms with Gasteiger partial charge in [-0.15, -0.1) is 0 Å². The highest BCUT2D eigenvalue weighted by atomic mass is 32.2. The van der Waals surface area contributed by atoms with Crippen LogP contribution in [0.3, 0.4) is 0 Å². The minimum absolute atomic E-state index is 0.155. The summed E-state index contributed by atoms with van der Waals surface area (Å²) in [6.07, 6.45) is 1.74. The van der Waals surface area contributed by atoms with Crippen molar-refractivity contribution in [1.29, 1.82) is 5.26 Å². The number of esters is 1. The van der Waals surface area contributed by atoms with E-state index in [0.29, 0.717) is 5.75 Å². The van der Waals surface area contributed by atoms with Crippen molar-refractivity contribution in [2.24, 2.45) is 0 Å². The van der Waals surface area contributed by atoms with E-state index in [1.807, 2.05) is 0 Å². The highest BCUT2D eigenvalue weighted by Gasteiger charge is 2.23. The predicted molar refractivity (Wildman–Crippen MR) is 61.0 cm³/mol. The van der Waals surface area contributed by atoms with Crippen molar-refractivity contribution in [3.63, 3.8) is 0 Å². The number of ether oxygens (including phenoxy) is 1.